The largest absolute Gasteiger partial charge is 0.324 e. The molecule has 76 valence electrons. The molecule has 0 bridgehead atoms. The summed E-state index contributed by atoms with van der Waals surface area (Å²) in [6.45, 7) is -0.324. The summed E-state index contributed by atoms with van der Waals surface area (Å²) >= 11 is 1.08. The van der Waals surface area contributed by atoms with Gasteiger partial charge in [0, 0.05) is 4.90 Å². The highest BCUT2D eigenvalue weighted by Crippen LogP contribution is 2.23. The maximum absolute atomic E-state index is 13.2. The van der Waals surface area contributed by atoms with Crippen molar-refractivity contribution in [2.45, 2.75) is 4.90 Å². The summed E-state index contributed by atoms with van der Waals surface area (Å²) in [7, 11) is 0. The molecule has 1 aromatic rings. The quantitative estimate of drug-likeness (QED) is 0.620. The van der Waals surface area contributed by atoms with Crippen molar-refractivity contribution in [1.29, 1.82) is 0 Å². The Bertz CT molecular complexity index is 368. The minimum atomic E-state index is -1.12. The van der Waals surface area contributed by atoms with Gasteiger partial charge in [-0.1, -0.05) is 0 Å². The number of benzene rings is 1. The number of hydrogen-bond acceptors (Lipinski definition) is 3. The third kappa shape index (κ3) is 1.93. The number of thioether (sulfide) groups is 1. The molecule has 0 spiro atoms. The number of hydrogen-bond donors (Lipinski definition) is 1. The van der Waals surface area contributed by atoms with Crippen LogP contribution in [0.3, 0.4) is 0 Å². The van der Waals surface area contributed by atoms with E-state index in [0.717, 1.165) is 11.8 Å². The van der Waals surface area contributed by atoms with Crippen molar-refractivity contribution in [1.82, 2.24) is 0 Å². The fraction of sp³-hybridized carbons (Fsp3) is 0.222. The van der Waals surface area contributed by atoms with Crippen LogP contribution in [-0.4, -0.2) is 18.6 Å². The molecule has 2 nitrogen and oxygen atoms in total. The molecule has 0 unspecified atom stereocenters. The lowest BCUT2D eigenvalue weighted by Gasteiger charge is -2.04. The van der Waals surface area contributed by atoms with Crippen molar-refractivity contribution in [2.75, 3.05) is 12.8 Å². The van der Waals surface area contributed by atoms with Crippen LogP contribution in [0.4, 0.5) is 8.78 Å². The summed E-state index contributed by atoms with van der Waals surface area (Å²) in [5.41, 5.74) is 4.76. The van der Waals surface area contributed by atoms with Gasteiger partial charge in [-0.15, -0.1) is 11.8 Å². The van der Waals surface area contributed by atoms with E-state index in [9.17, 15) is 13.6 Å². The molecule has 14 heavy (non-hydrogen) atoms. The van der Waals surface area contributed by atoms with Crippen LogP contribution >= 0.6 is 11.8 Å². The maximum atomic E-state index is 13.2. The molecule has 0 aromatic heterocycles. The van der Waals surface area contributed by atoms with Crippen LogP contribution in [0.15, 0.2) is 17.0 Å². The average molecular weight is 217 g/mol. The van der Waals surface area contributed by atoms with Gasteiger partial charge in [-0.3, -0.25) is 4.79 Å². The summed E-state index contributed by atoms with van der Waals surface area (Å²) in [6.07, 6.45) is 1.63. The Labute approximate surface area is 84.5 Å². The van der Waals surface area contributed by atoms with E-state index in [1.54, 1.807) is 6.26 Å². The zero-order chi connectivity index (χ0) is 10.7. The van der Waals surface area contributed by atoms with Gasteiger partial charge in [0.25, 0.3) is 0 Å². The fourth-order valence-electron chi connectivity index (χ4n) is 1.01. The van der Waals surface area contributed by atoms with Gasteiger partial charge in [0.15, 0.2) is 17.4 Å². The topological polar surface area (TPSA) is 43.1 Å². The molecule has 0 amide bonds. The van der Waals surface area contributed by atoms with E-state index in [4.69, 9.17) is 5.73 Å². The van der Waals surface area contributed by atoms with Gasteiger partial charge >= 0.3 is 0 Å². The highest BCUT2D eigenvalue weighted by atomic mass is 32.2. The van der Waals surface area contributed by atoms with Crippen LogP contribution in [0.1, 0.15) is 10.4 Å². The second kappa shape index (κ2) is 4.52. The van der Waals surface area contributed by atoms with E-state index in [1.165, 1.54) is 12.1 Å². The minimum absolute atomic E-state index is 0.177. The van der Waals surface area contributed by atoms with Crippen molar-refractivity contribution in [3.63, 3.8) is 0 Å². The normalized spacial score (nSPS) is 10.3. The van der Waals surface area contributed by atoms with E-state index in [2.05, 4.69) is 0 Å². The van der Waals surface area contributed by atoms with Gasteiger partial charge in [0.05, 0.1) is 12.1 Å². The molecule has 0 atom stereocenters. The first-order chi connectivity index (χ1) is 6.61. The first-order valence-electron chi connectivity index (χ1n) is 3.87. The maximum Gasteiger partial charge on any atom is 0.179 e. The number of rotatable bonds is 3. The molecule has 0 radical (unpaired) electrons. The first-order valence-corrected chi connectivity index (χ1v) is 5.09. The molecule has 2 N–H and O–H groups in total. The molecule has 1 aromatic carbocycles. The Morgan fingerprint density at radius 2 is 2.07 bits per heavy atom. The van der Waals surface area contributed by atoms with Gasteiger partial charge in [-0.2, -0.15) is 0 Å². The number of Topliss-reactive ketones (excluding diaryl/α,β-unsaturated/α-hetero) is 1. The monoisotopic (exact) mass is 217 g/mol. The number of carbonyl (C=O) groups excluding carboxylic acids is 1. The highest BCUT2D eigenvalue weighted by molar-refractivity contribution is 7.98. The van der Waals surface area contributed by atoms with Crippen LogP contribution in [-0.2, 0) is 0 Å². The number of carbonyl (C=O) groups is 1. The van der Waals surface area contributed by atoms with Crippen LogP contribution in [0, 0.1) is 11.6 Å². The Balaban J connectivity index is 3.24. The number of nitrogens with two attached hydrogens (primary N) is 1. The van der Waals surface area contributed by atoms with Gasteiger partial charge in [-0.05, 0) is 18.4 Å². The molecule has 0 aliphatic heterocycles. The van der Waals surface area contributed by atoms with Gasteiger partial charge in [0.2, 0.25) is 0 Å². The summed E-state index contributed by atoms with van der Waals surface area (Å²) in [6, 6.07) is 2.62. The summed E-state index contributed by atoms with van der Waals surface area (Å²) < 4.78 is 26.4. The van der Waals surface area contributed by atoms with Crippen molar-refractivity contribution >= 4 is 17.5 Å². The van der Waals surface area contributed by atoms with E-state index >= 15 is 0 Å². The van der Waals surface area contributed by atoms with E-state index in [1.807, 2.05) is 0 Å². The molecule has 1 rings (SSSR count). The smallest absolute Gasteiger partial charge is 0.179 e. The third-order valence-electron chi connectivity index (χ3n) is 1.75. The lowest BCUT2D eigenvalue weighted by Crippen LogP contribution is -2.15. The van der Waals surface area contributed by atoms with Crippen LogP contribution < -0.4 is 5.73 Å². The van der Waals surface area contributed by atoms with Crippen molar-refractivity contribution in [3.05, 3.63) is 29.3 Å². The first kappa shape index (κ1) is 11.1. The zero-order valence-electron chi connectivity index (χ0n) is 7.51. The van der Waals surface area contributed by atoms with Crippen molar-refractivity contribution in [2.24, 2.45) is 5.73 Å². The molecule has 5 heteroatoms. The van der Waals surface area contributed by atoms with Gasteiger partial charge < -0.3 is 5.73 Å². The van der Waals surface area contributed by atoms with E-state index in [-0.39, 0.29) is 17.0 Å². The Kier molecular flexibility index (Phi) is 3.60. The predicted octanol–water partition coefficient (Wildman–Crippen LogP) is 1.83. The lowest BCUT2D eigenvalue weighted by atomic mass is 10.1. The molecule has 0 fully saturated rings. The highest BCUT2D eigenvalue weighted by Gasteiger charge is 2.16. The average Bonchev–Trinajstić information content (AvgIpc) is 2.21. The Hall–Kier alpha value is -0.940. The Morgan fingerprint density at radius 1 is 1.43 bits per heavy atom. The summed E-state index contributed by atoms with van der Waals surface area (Å²) in [4.78, 5) is 11.2. The molecule has 0 saturated carbocycles. The minimum Gasteiger partial charge on any atom is -0.324 e. The van der Waals surface area contributed by atoms with Crippen LogP contribution in [0.2, 0.25) is 0 Å². The van der Waals surface area contributed by atoms with Crippen LogP contribution in [0.25, 0.3) is 0 Å². The molecular formula is C9H9F2NOS. The van der Waals surface area contributed by atoms with Crippen molar-refractivity contribution < 1.29 is 13.6 Å². The standard InChI is InChI=1S/C9H9F2NOS/c1-14-7-3-2-5(6(13)4-12)8(10)9(7)11/h2-3H,4,12H2,1H3. The van der Waals surface area contributed by atoms with E-state index < -0.39 is 17.4 Å². The zero-order valence-corrected chi connectivity index (χ0v) is 8.33. The molecule has 0 heterocycles. The summed E-state index contributed by atoms with van der Waals surface area (Å²) in [5.74, 6) is -2.71. The third-order valence-corrected chi connectivity index (χ3v) is 2.51. The Morgan fingerprint density at radius 3 is 2.57 bits per heavy atom. The molecular weight excluding hydrogens is 208 g/mol. The lowest BCUT2D eigenvalue weighted by molar-refractivity contribution is 0.0996. The van der Waals surface area contributed by atoms with Gasteiger partial charge in [0.1, 0.15) is 0 Å². The number of halogens is 2. The molecule has 0 aliphatic carbocycles. The van der Waals surface area contributed by atoms with Gasteiger partial charge in [-0.25, -0.2) is 8.78 Å². The van der Waals surface area contributed by atoms with Crippen LogP contribution in [0.5, 0.6) is 0 Å². The fourth-order valence-corrected chi connectivity index (χ4v) is 1.49. The second-order valence-corrected chi connectivity index (χ2v) is 3.42. The van der Waals surface area contributed by atoms with E-state index in [0.29, 0.717) is 0 Å². The number of ketones is 1. The molecule has 0 aliphatic rings. The SMILES string of the molecule is CSc1ccc(C(=O)CN)c(F)c1F. The van der Waals surface area contributed by atoms with Crippen molar-refractivity contribution in [3.8, 4) is 0 Å². The predicted molar refractivity (Wildman–Crippen MR) is 51.5 cm³/mol. The summed E-state index contributed by atoms with van der Waals surface area (Å²) in [5, 5.41) is 0. The second-order valence-electron chi connectivity index (χ2n) is 2.57. The molecule has 0 saturated heterocycles.